The number of aryl methyl sites for hydroxylation is 1. The number of carbonyl (C=O) groups excluding carboxylic acids is 1. The van der Waals surface area contributed by atoms with E-state index in [1.165, 1.54) is 25.1 Å². The molecule has 27 heavy (non-hydrogen) atoms. The van der Waals surface area contributed by atoms with Crippen LogP contribution in [0.2, 0.25) is 0 Å². The lowest BCUT2D eigenvalue weighted by molar-refractivity contribution is -0.121. The molecule has 142 valence electrons. The van der Waals surface area contributed by atoms with Gasteiger partial charge in [0.1, 0.15) is 5.76 Å². The van der Waals surface area contributed by atoms with Gasteiger partial charge in [0, 0.05) is 19.0 Å². The average molecular weight is 371 g/mol. The van der Waals surface area contributed by atoms with E-state index in [0.717, 1.165) is 0 Å². The van der Waals surface area contributed by atoms with Crippen LogP contribution in [0.4, 0.5) is 0 Å². The standard InChI is InChI=1S/C19H21N3O5/c1-25-16-9-14-15(10-17(16)26-2)21-12-22(19(14)24)7-3-6-18(23)20-11-13-5-4-8-27-13/h4-5,8-10,12H,3,6-7,11H2,1-2H3,(H,20,23). The maximum atomic E-state index is 12.7. The fourth-order valence-electron chi connectivity index (χ4n) is 2.74. The fraction of sp³-hybridized carbons (Fsp3) is 0.316. The van der Waals surface area contributed by atoms with Crippen molar-refractivity contribution in [1.82, 2.24) is 14.9 Å². The van der Waals surface area contributed by atoms with Crippen molar-refractivity contribution < 1.29 is 18.7 Å². The largest absolute Gasteiger partial charge is 0.493 e. The third-order valence-electron chi connectivity index (χ3n) is 4.17. The zero-order valence-corrected chi connectivity index (χ0v) is 15.2. The fourth-order valence-corrected chi connectivity index (χ4v) is 2.74. The molecule has 2 aromatic heterocycles. The molecule has 1 N–H and O–H groups in total. The minimum absolute atomic E-state index is 0.0976. The predicted molar refractivity (Wildman–Crippen MR) is 98.9 cm³/mol. The number of hydrogen-bond acceptors (Lipinski definition) is 6. The van der Waals surface area contributed by atoms with Crippen molar-refractivity contribution in [2.75, 3.05) is 14.2 Å². The van der Waals surface area contributed by atoms with E-state index in [1.807, 2.05) is 0 Å². The molecule has 3 aromatic rings. The van der Waals surface area contributed by atoms with Crippen molar-refractivity contribution in [3.63, 3.8) is 0 Å². The predicted octanol–water partition coefficient (Wildman–Crippen LogP) is 2.10. The third kappa shape index (κ3) is 4.28. The first kappa shape index (κ1) is 18.5. The van der Waals surface area contributed by atoms with Crippen molar-refractivity contribution in [3.05, 3.63) is 53.0 Å². The molecule has 2 heterocycles. The van der Waals surface area contributed by atoms with Crippen LogP contribution < -0.4 is 20.3 Å². The molecule has 0 fully saturated rings. The van der Waals surface area contributed by atoms with Crippen molar-refractivity contribution >= 4 is 16.8 Å². The Balaban J connectivity index is 1.64. The molecule has 0 atom stereocenters. The van der Waals surface area contributed by atoms with E-state index < -0.39 is 0 Å². The number of methoxy groups -OCH3 is 2. The second-order valence-electron chi connectivity index (χ2n) is 5.93. The Hall–Kier alpha value is -3.29. The molecular formula is C19H21N3O5. The SMILES string of the molecule is COc1cc2ncn(CCCC(=O)NCc3ccco3)c(=O)c2cc1OC. The minimum Gasteiger partial charge on any atom is -0.493 e. The zero-order valence-electron chi connectivity index (χ0n) is 15.2. The maximum absolute atomic E-state index is 12.7. The van der Waals surface area contributed by atoms with Gasteiger partial charge >= 0.3 is 0 Å². The lowest BCUT2D eigenvalue weighted by Crippen LogP contribution is -2.24. The first-order chi connectivity index (χ1) is 13.1. The van der Waals surface area contributed by atoms with Gasteiger partial charge in [0.25, 0.3) is 5.56 Å². The topological polar surface area (TPSA) is 95.6 Å². The molecule has 0 unspecified atom stereocenters. The van der Waals surface area contributed by atoms with Gasteiger partial charge in [-0.3, -0.25) is 14.2 Å². The Bertz CT molecular complexity index is 979. The highest BCUT2D eigenvalue weighted by Gasteiger charge is 2.11. The molecule has 0 aliphatic carbocycles. The monoisotopic (exact) mass is 371 g/mol. The van der Waals surface area contributed by atoms with Gasteiger partial charge in [-0.2, -0.15) is 0 Å². The van der Waals surface area contributed by atoms with Crippen LogP contribution in [-0.4, -0.2) is 29.7 Å². The molecule has 3 rings (SSSR count). The lowest BCUT2D eigenvalue weighted by Gasteiger charge is -2.10. The minimum atomic E-state index is -0.183. The van der Waals surface area contributed by atoms with E-state index in [1.54, 1.807) is 30.5 Å². The Kier molecular flexibility index (Phi) is 5.75. The summed E-state index contributed by atoms with van der Waals surface area (Å²) in [4.78, 5) is 28.9. The first-order valence-electron chi connectivity index (χ1n) is 8.52. The van der Waals surface area contributed by atoms with Gasteiger partial charge in [-0.25, -0.2) is 4.98 Å². The van der Waals surface area contributed by atoms with Gasteiger partial charge in [0.05, 0.1) is 44.3 Å². The summed E-state index contributed by atoms with van der Waals surface area (Å²) in [6.45, 7) is 0.745. The summed E-state index contributed by atoms with van der Waals surface area (Å²) in [7, 11) is 3.04. The summed E-state index contributed by atoms with van der Waals surface area (Å²) in [5, 5.41) is 3.22. The van der Waals surface area contributed by atoms with Crippen LogP contribution in [0.3, 0.4) is 0 Å². The summed E-state index contributed by atoms with van der Waals surface area (Å²) in [6, 6.07) is 6.85. The molecule has 0 radical (unpaired) electrons. The first-order valence-corrected chi connectivity index (χ1v) is 8.52. The number of nitrogens with one attached hydrogen (secondary N) is 1. The highest BCUT2D eigenvalue weighted by atomic mass is 16.5. The van der Waals surface area contributed by atoms with Crippen LogP contribution in [0.1, 0.15) is 18.6 Å². The Morgan fingerprint density at radius 3 is 2.74 bits per heavy atom. The molecule has 1 amide bonds. The molecule has 0 aliphatic heterocycles. The zero-order chi connectivity index (χ0) is 19.2. The molecule has 0 bridgehead atoms. The highest BCUT2D eigenvalue weighted by molar-refractivity contribution is 5.81. The number of amides is 1. The van der Waals surface area contributed by atoms with E-state index >= 15 is 0 Å². The van der Waals surface area contributed by atoms with Crippen LogP contribution in [0.25, 0.3) is 10.9 Å². The normalized spacial score (nSPS) is 10.7. The molecule has 8 nitrogen and oxygen atoms in total. The quantitative estimate of drug-likeness (QED) is 0.651. The second-order valence-corrected chi connectivity index (χ2v) is 5.93. The summed E-state index contributed by atoms with van der Waals surface area (Å²) < 4.78 is 17.1. The summed E-state index contributed by atoms with van der Waals surface area (Å²) in [5.74, 6) is 1.59. The van der Waals surface area contributed by atoms with Crippen molar-refractivity contribution in [3.8, 4) is 11.5 Å². The smallest absolute Gasteiger partial charge is 0.261 e. The van der Waals surface area contributed by atoms with E-state index in [9.17, 15) is 9.59 Å². The van der Waals surface area contributed by atoms with Gasteiger partial charge < -0.3 is 19.2 Å². The van der Waals surface area contributed by atoms with Gasteiger partial charge in [-0.15, -0.1) is 0 Å². The number of carbonyl (C=O) groups is 1. The van der Waals surface area contributed by atoms with Gasteiger partial charge in [-0.05, 0) is 24.6 Å². The molecule has 0 aliphatic rings. The molecular weight excluding hydrogens is 350 g/mol. The van der Waals surface area contributed by atoms with Crippen molar-refractivity contribution in [2.45, 2.75) is 25.9 Å². The number of fused-ring (bicyclic) bond motifs is 1. The molecule has 1 aromatic carbocycles. The Morgan fingerprint density at radius 2 is 2.04 bits per heavy atom. The Morgan fingerprint density at radius 1 is 1.26 bits per heavy atom. The number of ether oxygens (including phenoxy) is 2. The summed E-state index contributed by atoms with van der Waals surface area (Å²) >= 11 is 0. The van der Waals surface area contributed by atoms with Crippen LogP contribution in [0, 0.1) is 0 Å². The number of aromatic nitrogens is 2. The van der Waals surface area contributed by atoms with E-state index in [0.29, 0.717) is 54.1 Å². The van der Waals surface area contributed by atoms with Gasteiger partial charge in [-0.1, -0.05) is 0 Å². The summed E-state index contributed by atoms with van der Waals surface area (Å²) in [5.41, 5.74) is 0.349. The molecule has 0 spiro atoms. The third-order valence-corrected chi connectivity index (χ3v) is 4.17. The van der Waals surface area contributed by atoms with E-state index in [4.69, 9.17) is 13.9 Å². The Labute approximate surface area is 155 Å². The van der Waals surface area contributed by atoms with Gasteiger partial charge in [0.15, 0.2) is 11.5 Å². The van der Waals surface area contributed by atoms with Crippen LogP contribution in [-0.2, 0) is 17.9 Å². The van der Waals surface area contributed by atoms with Crippen LogP contribution in [0.15, 0.2) is 46.1 Å². The molecule has 0 saturated carbocycles. The van der Waals surface area contributed by atoms with Crippen LogP contribution in [0.5, 0.6) is 11.5 Å². The maximum Gasteiger partial charge on any atom is 0.261 e. The van der Waals surface area contributed by atoms with Crippen LogP contribution >= 0.6 is 0 Å². The van der Waals surface area contributed by atoms with E-state index in [-0.39, 0.29) is 11.5 Å². The number of rotatable bonds is 8. The van der Waals surface area contributed by atoms with Gasteiger partial charge in [0.2, 0.25) is 5.91 Å². The molecule has 0 saturated heterocycles. The average Bonchev–Trinajstić information content (AvgIpc) is 3.21. The number of furan rings is 1. The van der Waals surface area contributed by atoms with Crippen molar-refractivity contribution in [2.24, 2.45) is 0 Å². The molecule has 8 heteroatoms. The number of benzene rings is 1. The summed E-state index contributed by atoms with van der Waals surface area (Å²) in [6.07, 6.45) is 3.87. The highest BCUT2D eigenvalue weighted by Crippen LogP contribution is 2.29. The van der Waals surface area contributed by atoms with E-state index in [2.05, 4.69) is 10.3 Å². The van der Waals surface area contributed by atoms with Crippen molar-refractivity contribution in [1.29, 1.82) is 0 Å². The number of nitrogens with zero attached hydrogens (tertiary/aromatic N) is 2. The lowest BCUT2D eigenvalue weighted by atomic mass is 10.2. The second kappa shape index (κ2) is 8.39. The number of hydrogen-bond donors (Lipinski definition) is 1.